The van der Waals surface area contributed by atoms with Crippen LogP contribution in [0.3, 0.4) is 0 Å². The summed E-state index contributed by atoms with van der Waals surface area (Å²) in [5.74, 6) is 1.75. The van der Waals surface area contributed by atoms with Crippen LogP contribution in [-0.4, -0.2) is 17.7 Å². The highest BCUT2D eigenvalue weighted by molar-refractivity contribution is 5.95. The minimum atomic E-state index is 0.485. The standard InChI is InChI=1S/C14H25N3.C4H10/c1-11(2)15-12(3)16-13(4)17-14-9-7-5-6-8-10-14;1-3-4-2/h14H,1,5-10H2,2-4H3,(H,15,16,17);3-4H2,1-2H3. The molecule has 3 nitrogen and oxygen atoms in total. The van der Waals surface area contributed by atoms with Crippen molar-refractivity contribution in [2.75, 3.05) is 0 Å². The molecule has 0 spiro atoms. The van der Waals surface area contributed by atoms with Crippen molar-refractivity contribution in [2.24, 2.45) is 9.98 Å². The Kier molecular flexibility index (Phi) is 11.9. The van der Waals surface area contributed by atoms with Crippen molar-refractivity contribution in [1.82, 2.24) is 5.32 Å². The molecule has 122 valence electrons. The molecule has 0 atom stereocenters. The first-order valence-electron chi connectivity index (χ1n) is 8.51. The van der Waals surface area contributed by atoms with Gasteiger partial charge < -0.3 is 5.32 Å². The van der Waals surface area contributed by atoms with E-state index in [1.54, 1.807) is 0 Å². The van der Waals surface area contributed by atoms with Gasteiger partial charge in [0.25, 0.3) is 0 Å². The van der Waals surface area contributed by atoms with Gasteiger partial charge in [-0.25, -0.2) is 4.99 Å². The molecule has 0 aromatic rings. The molecule has 0 aromatic carbocycles. The molecule has 1 saturated carbocycles. The highest BCUT2D eigenvalue weighted by atomic mass is 15.0. The topological polar surface area (TPSA) is 36.8 Å². The van der Waals surface area contributed by atoms with Crippen LogP contribution in [0.25, 0.3) is 0 Å². The van der Waals surface area contributed by atoms with Gasteiger partial charge in [-0.3, -0.25) is 4.99 Å². The second kappa shape index (κ2) is 12.6. The number of nitrogens with one attached hydrogen (secondary N) is 1. The summed E-state index contributed by atoms with van der Waals surface area (Å²) >= 11 is 0. The third-order valence-corrected chi connectivity index (χ3v) is 3.42. The molecule has 0 aromatic heterocycles. The number of aliphatic imine (C=N–C) groups is 2. The third-order valence-electron chi connectivity index (χ3n) is 3.42. The van der Waals surface area contributed by atoms with E-state index in [9.17, 15) is 0 Å². The summed E-state index contributed by atoms with van der Waals surface area (Å²) in [4.78, 5) is 9.14. The summed E-state index contributed by atoms with van der Waals surface area (Å²) in [7, 11) is 0. The van der Waals surface area contributed by atoms with Crippen LogP contribution < -0.4 is 5.32 Å². The highest BCUT2D eigenvalue weighted by Crippen LogP contribution is 2.19. The van der Waals surface area contributed by atoms with Crippen LogP contribution >= 0.6 is 0 Å². The largest absolute Gasteiger partial charge is 0.348 e. The lowest BCUT2D eigenvalue weighted by molar-refractivity contribution is 0.585. The lowest BCUT2D eigenvalue weighted by Crippen LogP contribution is -2.18. The quantitative estimate of drug-likeness (QED) is 0.418. The molecule has 0 saturated heterocycles. The molecule has 21 heavy (non-hydrogen) atoms. The van der Waals surface area contributed by atoms with E-state index in [0.29, 0.717) is 6.04 Å². The summed E-state index contributed by atoms with van der Waals surface area (Å²) in [6.07, 6.45) is 10.4. The first-order chi connectivity index (χ1) is 9.99. The van der Waals surface area contributed by atoms with Crippen LogP contribution in [0.4, 0.5) is 0 Å². The lowest BCUT2D eigenvalue weighted by atomic mass is 10.1. The van der Waals surface area contributed by atoms with Gasteiger partial charge in [0.05, 0.1) is 6.04 Å². The molecule has 0 aliphatic heterocycles. The predicted molar refractivity (Wildman–Crippen MR) is 96.2 cm³/mol. The molecule has 1 aliphatic carbocycles. The molecule has 1 rings (SSSR count). The molecule has 1 aliphatic rings. The monoisotopic (exact) mass is 293 g/mol. The van der Waals surface area contributed by atoms with Crippen LogP contribution in [0.15, 0.2) is 22.3 Å². The number of amidine groups is 2. The smallest absolute Gasteiger partial charge is 0.122 e. The highest BCUT2D eigenvalue weighted by Gasteiger charge is 2.10. The van der Waals surface area contributed by atoms with E-state index in [4.69, 9.17) is 4.99 Å². The Morgan fingerprint density at radius 3 is 1.95 bits per heavy atom. The summed E-state index contributed by atoms with van der Waals surface area (Å²) in [6.45, 7) is 14.0. The van der Waals surface area contributed by atoms with Crippen molar-refractivity contribution in [3.05, 3.63) is 12.3 Å². The second-order valence-corrected chi connectivity index (χ2v) is 5.92. The molecule has 1 N–H and O–H groups in total. The first kappa shape index (κ1) is 19.9. The maximum Gasteiger partial charge on any atom is 0.122 e. The van der Waals surface area contributed by atoms with Gasteiger partial charge in [-0.2, -0.15) is 0 Å². The Morgan fingerprint density at radius 2 is 1.52 bits per heavy atom. The molecule has 0 amide bonds. The van der Waals surface area contributed by atoms with Crippen LogP contribution in [0.1, 0.15) is 86.0 Å². The van der Waals surface area contributed by atoms with Crippen LogP contribution in [0.2, 0.25) is 0 Å². The average molecular weight is 293 g/mol. The zero-order chi connectivity index (χ0) is 16.1. The molecule has 0 heterocycles. The molecule has 1 fully saturated rings. The lowest BCUT2D eigenvalue weighted by Gasteiger charge is -2.09. The molecule has 0 radical (unpaired) electrons. The summed E-state index contributed by atoms with van der Waals surface area (Å²) in [6, 6.07) is 0.485. The van der Waals surface area contributed by atoms with Crippen molar-refractivity contribution in [3.63, 3.8) is 0 Å². The fraction of sp³-hybridized carbons (Fsp3) is 0.778. The van der Waals surface area contributed by atoms with E-state index in [-0.39, 0.29) is 0 Å². The molecular formula is C18H35N3. The summed E-state index contributed by atoms with van der Waals surface area (Å²) < 4.78 is 0. The van der Waals surface area contributed by atoms with Gasteiger partial charge in [0.1, 0.15) is 11.7 Å². The summed E-state index contributed by atoms with van der Waals surface area (Å²) in [5, 5.41) is 3.10. The van der Waals surface area contributed by atoms with Gasteiger partial charge in [-0.15, -0.1) is 0 Å². The SMILES string of the molecule is C=C(C)NC(C)=NC(C)=NC1CCCCCC1.CCCC. The van der Waals surface area contributed by atoms with Crippen LogP contribution in [0, 0.1) is 0 Å². The fourth-order valence-corrected chi connectivity index (χ4v) is 2.26. The number of allylic oxidation sites excluding steroid dienone is 1. The van der Waals surface area contributed by atoms with Crippen molar-refractivity contribution in [1.29, 1.82) is 0 Å². The Labute approximate surface area is 132 Å². The van der Waals surface area contributed by atoms with E-state index < -0.39 is 0 Å². The first-order valence-corrected chi connectivity index (χ1v) is 8.51. The zero-order valence-electron chi connectivity index (χ0n) is 14.8. The molecular weight excluding hydrogens is 258 g/mol. The number of hydrogen-bond acceptors (Lipinski definition) is 1. The van der Waals surface area contributed by atoms with Crippen molar-refractivity contribution in [2.45, 2.75) is 92.0 Å². The zero-order valence-corrected chi connectivity index (χ0v) is 14.8. The summed E-state index contributed by atoms with van der Waals surface area (Å²) in [5.41, 5.74) is 0.911. The Bertz CT molecular complexity index is 332. The minimum Gasteiger partial charge on any atom is -0.348 e. The average Bonchev–Trinajstić information content (AvgIpc) is 2.66. The van der Waals surface area contributed by atoms with Crippen molar-refractivity contribution >= 4 is 11.7 Å². The van der Waals surface area contributed by atoms with E-state index >= 15 is 0 Å². The van der Waals surface area contributed by atoms with Gasteiger partial charge in [0.15, 0.2) is 0 Å². The van der Waals surface area contributed by atoms with Gasteiger partial charge >= 0.3 is 0 Å². The minimum absolute atomic E-state index is 0.485. The fourth-order valence-electron chi connectivity index (χ4n) is 2.26. The van der Waals surface area contributed by atoms with E-state index in [1.807, 2.05) is 20.8 Å². The number of unbranched alkanes of at least 4 members (excludes halogenated alkanes) is 1. The van der Waals surface area contributed by atoms with Crippen LogP contribution in [-0.2, 0) is 0 Å². The van der Waals surface area contributed by atoms with Crippen molar-refractivity contribution < 1.29 is 0 Å². The van der Waals surface area contributed by atoms with Gasteiger partial charge in [-0.05, 0) is 33.6 Å². The van der Waals surface area contributed by atoms with E-state index in [0.717, 1.165) is 17.4 Å². The second-order valence-electron chi connectivity index (χ2n) is 5.92. The number of hydrogen-bond donors (Lipinski definition) is 1. The van der Waals surface area contributed by atoms with Gasteiger partial charge in [0, 0.05) is 5.70 Å². The van der Waals surface area contributed by atoms with E-state index in [2.05, 4.69) is 30.7 Å². The van der Waals surface area contributed by atoms with Gasteiger partial charge in [0.2, 0.25) is 0 Å². The maximum absolute atomic E-state index is 4.70. The maximum atomic E-state index is 4.70. The Hall–Kier alpha value is -1.12. The molecule has 0 bridgehead atoms. The van der Waals surface area contributed by atoms with E-state index in [1.165, 1.54) is 51.4 Å². The van der Waals surface area contributed by atoms with Crippen molar-refractivity contribution in [3.8, 4) is 0 Å². The molecule has 0 unspecified atom stereocenters. The normalized spacial score (nSPS) is 17.6. The van der Waals surface area contributed by atoms with Crippen LogP contribution in [0.5, 0.6) is 0 Å². The predicted octanol–water partition coefficient (Wildman–Crippen LogP) is 5.48. The molecule has 3 heteroatoms. The Balaban J connectivity index is 0.000000885. The number of nitrogens with zero attached hydrogens (tertiary/aromatic N) is 2. The number of rotatable bonds is 3. The Morgan fingerprint density at radius 1 is 1.00 bits per heavy atom. The third kappa shape index (κ3) is 12.3. The van der Waals surface area contributed by atoms with Gasteiger partial charge in [-0.1, -0.05) is 59.0 Å².